The molecule has 4 aromatic rings. The van der Waals surface area contributed by atoms with Crippen LogP contribution in [0.5, 0.6) is 5.75 Å². The van der Waals surface area contributed by atoms with Gasteiger partial charge < -0.3 is 14.7 Å². The van der Waals surface area contributed by atoms with E-state index in [2.05, 4.69) is 35.0 Å². The molecule has 1 heterocycles. The largest absolute Gasteiger partial charge is 0.490 e. The summed E-state index contributed by atoms with van der Waals surface area (Å²) in [6, 6.07) is 29.4. The highest BCUT2D eigenvalue weighted by Gasteiger charge is 2.70. The Labute approximate surface area is 234 Å². The number of fused-ring (bicyclic) bond motifs is 6. The minimum absolute atomic E-state index is 0.334. The van der Waals surface area contributed by atoms with E-state index >= 15 is 0 Å². The van der Waals surface area contributed by atoms with E-state index in [1.165, 1.54) is 0 Å². The Morgan fingerprint density at radius 3 is 2.05 bits per heavy atom. The molecule has 1 saturated heterocycles. The summed E-state index contributed by atoms with van der Waals surface area (Å²) in [5.74, 6) is -2.96. The van der Waals surface area contributed by atoms with Crippen molar-refractivity contribution in [2.45, 2.75) is 30.3 Å². The Balaban J connectivity index is 0.000000147. The molecule has 2 fully saturated rings. The molecule has 208 valence electrons. The van der Waals surface area contributed by atoms with Crippen molar-refractivity contribution >= 4 is 10.8 Å². The van der Waals surface area contributed by atoms with Crippen LogP contribution in [-0.4, -0.2) is 73.3 Å². The fourth-order valence-corrected chi connectivity index (χ4v) is 6.19. The summed E-state index contributed by atoms with van der Waals surface area (Å²) in [5.41, 5.74) is 3.77. The van der Waals surface area contributed by atoms with E-state index < -0.39 is 23.9 Å². The van der Waals surface area contributed by atoms with Crippen LogP contribution in [0.1, 0.15) is 34.1 Å². The summed E-state index contributed by atoms with van der Waals surface area (Å²) in [4.78, 5) is 4.62. The molecular formula is C34H36F2N2O2. The van der Waals surface area contributed by atoms with Crippen LogP contribution in [0.2, 0.25) is 0 Å². The number of ether oxygens (including phenoxy) is 1. The summed E-state index contributed by atoms with van der Waals surface area (Å²) in [7, 11) is 2.14. The lowest BCUT2D eigenvalue weighted by molar-refractivity contribution is 0.0509. The minimum atomic E-state index is -2.58. The van der Waals surface area contributed by atoms with Gasteiger partial charge in [-0.2, -0.15) is 0 Å². The van der Waals surface area contributed by atoms with Crippen LogP contribution < -0.4 is 4.74 Å². The standard InChI is InChI=1S/C18H24N2O2.C16H12F2/c1-19-9-11-20(12-10-19)13-16(21)14-22-18-8-4-6-15-5-2-3-7-17(15)18;17-16(18)14-12-7-3-1-5-10(12)9-11-6-2-4-8-13(11)15(14)16/h2-8,16,21H,9-14H2,1H3;1-8,14-15H,9H2/t;14-,15+. The summed E-state index contributed by atoms with van der Waals surface area (Å²) < 4.78 is 33.9. The Morgan fingerprint density at radius 1 is 0.800 bits per heavy atom. The van der Waals surface area contributed by atoms with Crippen LogP contribution in [0.25, 0.3) is 10.8 Å². The lowest BCUT2D eigenvalue weighted by atomic mass is 9.97. The number of likely N-dealkylation sites (N-methyl/N-ethyl adjacent to an activating group) is 1. The number of hydrogen-bond acceptors (Lipinski definition) is 4. The van der Waals surface area contributed by atoms with Crippen LogP contribution in [0.3, 0.4) is 0 Å². The van der Waals surface area contributed by atoms with Crippen LogP contribution in [0.4, 0.5) is 8.78 Å². The summed E-state index contributed by atoms with van der Waals surface area (Å²) >= 11 is 0. The van der Waals surface area contributed by atoms with Gasteiger partial charge in [-0.25, -0.2) is 8.78 Å². The molecule has 0 radical (unpaired) electrons. The zero-order chi connectivity index (χ0) is 27.7. The average molecular weight is 543 g/mol. The van der Waals surface area contributed by atoms with Crippen molar-refractivity contribution in [1.82, 2.24) is 9.80 Å². The van der Waals surface area contributed by atoms with Gasteiger partial charge >= 0.3 is 0 Å². The first-order valence-electron chi connectivity index (χ1n) is 14.1. The van der Waals surface area contributed by atoms with Crippen LogP contribution in [0.15, 0.2) is 91.0 Å². The van der Waals surface area contributed by atoms with E-state index in [0.717, 1.165) is 71.4 Å². The number of alkyl halides is 2. The first-order valence-corrected chi connectivity index (χ1v) is 14.1. The molecule has 2 aliphatic carbocycles. The third kappa shape index (κ3) is 5.49. The van der Waals surface area contributed by atoms with E-state index in [0.29, 0.717) is 13.2 Å². The Morgan fingerprint density at radius 2 is 1.38 bits per heavy atom. The van der Waals surface area contributed by atoms with Crippen LogP contribution >= 0.6 is 0 Å². The monoisotopic (exact) mass is 542 g/mol. The molecule has 0 spiro atoms. The predicted octanol–water partition coefficient (Wildman–Crippen LogP) is 5.93. The van der Waals surface area contributed by atoms with Crippen LogP contribution in [0, 0.1) is 0 Å². The second-order valence-electron chi connectivity index (χ2n) is 11.3. The number of halogens is 2. The Hall–Kier alpha value is -3.32. The molecular weight excluding hydrogens is 506 g/mol. The van der Waals surface area contributed by atoms with Gasteiger partial charge in [0.15, 0.2) is 0 Å². The van der Waals surface area contributed by atoms with Crippen molar-refractivity contribution < 1.29 is 18.6 Å². The molecule has 1 saturated carbocycles. The molecule has 0 aromatic heterocycles. The van der Waals surface area contributed by atoms with Gasteiger partial charge in [-0.05, 0) is 47.2 Å². The molecule has 0 amide bonds. The van der Waals surface area contributed by atoms with E-state index in [1.807, 2.05) is 72.8 Å². The van der Waals surface area contributed by atoms with Gasteiger partial charge in [-0.1, -0.05) is 84.9 Å². The third-order valence-electron chi connectivity index (χ3n) is 8.46. The first-order chi connectivity index (χ1) is 19.4. The van der Waals surface area contributed by atoms with Gasteiger partial charge in [0.05, 0.1) is 11.8 Å². The molecule has 6 heteroatoms. The van der Waals surface area contributed by atoms with Crippen molar-refractivity contribution in [3.63, 3.8) is 0 Å². The molecule has 0 bridgehead atoms. The molecule has 3 atom stereocenters. The maximum absolute atomic E-state index is 14.0. The van der Waals surface area contributed by atoms with Gasteiger partial charge in [0, 0.05) is 38.1 Å². The first kappa shape index (κ1) is 26.9. The number of hydrogen-bond donors (Lipinski definition) is 1. The Bertz CT molecular complexity index is 1410. The van der Waals surface area contributed by atoms with E-state index in [1.54, 1.807) is 0 Å². The fraction of sp³-hybridized carbons (Fsp3) is 0.353. The topological polar surface area (TPSA) is 35.9 Å². The summed E-state index contributed by atoms with van der Waals surface area (Å²) in [6.45, 7) is 5.18. The molecule has 40 heavy (non-hydrogen) atoms. The smallest absolute Gasteiger partial charge is 0.263 e. The van der Waals surface area contributed by atoms with Crippen molar-refractivity contribution in [2.24, 2.45) is 0 Å². The number of piperazine rings is 1. The van der Waals surface area contributed by atoms with E-state index in [9.17, 15) is 13.9 Å². The zero-order valence-corrected chi connectivity index (χ0v) is 22.8. The van der Waals surface area contributed by atoms with Gasteiger partial charge in [0.1, 0.15) is 18.5 Å². The molecule has 1 unspecified atom stereocenters. The highest BCUT2D eigenvalue weighted by molar-refractivity contribution is 5.88. The molecule has 4 aromatic carbocycles. The maximum atomic E-state index is 14.0. The molecule has 7 rings (SSSR count). The average Bonchev–Trinajstić information content (AvgIpc) is 3.59. The normalized spacial score (nSPS) is 22.1. The van der Waals surface area contributed by atoms with Gasteiger partial charge in [-0.3, -0.25) is 4.90 Å². The SMILES string of the molecule is CN1CCN(CC(O)COc2cccc3ccccc23)CC1.FC1(F)[C@@H]2c3ccccc3Cc3ccccc3[C@@H]21. The quantitative estimate of drug-likeness (QED) is 0.339. The van der Waals surface area contributed by atoms with Gasteiger partial charge in [0.25, 0.3) is 5.92 Å². The third-order valence-corrected chi connectivity index (χ3v) is 8.46. The second-order valence-corrected chi connectivity index (χ2v) is 11.3. The van der Waals surface area contributed by atoms with Crippen LogP contribution in [-0.2, 0) is 6.42 Å². The van der Waals surface area contributed by atoms with Crippen molar-refractivity contribution in [3.8, 4) is 5.75 Å². The fourth-order valence-electron chi connectivity index (χ4n) is 6.19. The van der Waals surface area contributed by atoms with E-state index in [4.69, 9.17) is 4.74 Å². The lowest BCUT2D eigenvalue weighted by Crippen LogP contribution is -2.47. The summed E-state index contributed by atoms with van der Waals surface area (Å²) in [6.07, 6.45) is 0.317. The maximum Gasteiger partial charge on any atom is 0.263 e. The number of β-amino-alcohol motifs (C(OH)–C–C–N with tert-alkyl or cyclic N) is 1. The lowest BCUT2D eigenvalue weighted by Gasteiger charge is -2.33. The molecule has 1 N–H and O–H groups in total. The predicted molar refractivity (Wildman–Crippen MR) is 156 cm³/mol. The highest BCUT2D eigenvalue weighted by Crippen LogP contribution is 2.69. The number of benzene rings is 4. The van der Waals surface area contributed by atoms with E-state index in [-0.39, 0.29) is 0 Å². The van der Waals surface area contributed by atoms with Crippen molar-refractivity contribution in [2.75, 3.05) is 46.4 Å². The summed E-state index contributed by atoms with van der Waals surface area (Å²) in [5, 5.41) is 12.5. The molecule has 1 aliphatic heterocycles. The zero-order valence-electron chi connectivity index (χ0n) is 22.8. The van der Waals surface area contributed by atoms with Crippen molar-refractivity contribution in [1.29, 1.82) is 0 Å². The molecule has 4 nitrogen and oxygen atoms in total. The Kier molecular flexibility index (Phi) is 7.58. The van der Waals surface area contributed by atoms with Gasteiger partial charge in [0.2, 0.25) is 0 Å². The van der Waals surface area contributed by atoms with Gasteiger partial charge in [-0.15, -0.1) is 0 Å². The van der Waals surface area contributed by atoms with Crippen molar-refractivity contribution in [3.05, 3.63) is 113 Å². The number of aliphatic hydroxyl groups is 1. The number of rotatable bonds is 5. The highest BCUT2D eigenvalue weighted by atomic mass is 19.3. The number of nitrogens with zero attached hydrogens (tertiary/aromatic N) is 2. The number of aliphatic hydroxyl groups excluding tert-OH is 1. The molecule has 3 aliphatic rings. The minimum Gasteiger partial charge on any atom is -0.490 e. The second kappa shape index (κ2) is 11.3.